The highest BCUT2D eigenvalue weighted by atomic mass is 16.4. The summed E-state index contributed by atoms with van der Waals surface area (Å²) in [5.41, 5.74) is 0. The lowest BCUT2D eigenvalue weighted by Crippen LogP contribution is -2.31. The summed E-state index contributed by atoms with van der Waals surface area (Å²) < 4.78 is 0. The molecule has 1 aliphatic carbocycles. The first-order valence-electron chi connectivity index (χ1n) is 3.74. The zero-order chi connectivity index (χ0) is 10.0. The maximum absolute atomic E-state index is 11.0. The van der Waals surface area contributed by atoms with E-state index in [0.717, 1.165) is 0 Å². The molecule has 0 bridgehead atoms. The first-order chi connectivity index (χ1) is 6.02. The van der Waals surface area contributed by atoms with Gasteiger partial charge in [0, 0.05) is 0 Å². The van der Waals surface area contributed by atoms with Gasteiger partial charge in [0.25, 0.3) is 0 Å². The van der Waals surface area contributed by atoms with Gasteiger partial charge in [-0.05, 0) is 6.42 Å². The van der Waals surface area contributed by atoms with Crippen LogP contribution in [0.4, 0.5) is 0 Å². The van der Waals surface area contributed by atoms with Crippen LogP contribution < -0.4 is 5.32 Å². The van der Waals surface area contributed by atoms with Crippen LogP contribution in [-0.2, 0) is 14.4 Å². The lowest BCUT2D eigenvalue weighted by Gasteiger charge is -1.98. The van der Waals surface area contributed by atoms with Gasteiger partial charge in [0.2, 0.25) is 5.91 Å². The Kier molecular flexibility index (Phi) is 2.50. The highest BCUT2D eigenvalue weighted by Crippen LogP contribution is 2.38. The van der Waals surface area contributed by atoms with Crippen LogP contribution >= 0.6 is 0 Å². The summed E-state index contributed by atoms with van der Waals surface area (Å²) in [4.78, 5) is 31.3. The average Bonchev–Trinajstić information content (AvgIpc) is 2.78. The van der Waals surface area contributed by atoms with Crippen LogP contribution in [-0.4, -0.2) is 34.6 Å². The number of hydrogen-bond donors (Lipinski definition) is 3. The molecule has 6 nitrogen and oxygen atoms in total. The number of carboxylic acid groups (broad SMARTS) is 2. The highest BCUT2D eigenvalue weighted by Gasteiger charge is 2.48. The fraction of sp³-hybridized carbons (Fsp3) is 0.571. The smallest absolute Gasteiger partial charge is 0.322 e. The third kappa shape index (κ3) is 2.43. The molecule has 0 aliphatic heterocycles. The number of aliphatic carboxylic acids is 2. The Morgan fingerprint density at radius 1 is 1.23 bits per heavy atom. The molecule has 13 heavy (non-hydrogen) atoms. The monoisotopic (exact) mass is 187 g/mol. The molecule has 0 aromatic carbocycles. The van der Waals surface area contributed by atoms with Crippen LogP contribution in [0, 0.1) is 11.8 Å². The predicted molar refractivity (Wildman–Crippen MR) is 39.9 cm³/mol. The first kappa shape index (κ1) is 9.50. The van der Waals surface area contributed by atoms with Crippen molar-refractivity contribution in [3.63, 3.8) is 0 Å². The van der Waals surface area contributed by atoms with Crippen LogP contribution in [0.3, 0.4) is 0 Å². The van der Waals surface area contributed by atoms with Crippen molar-refractivity contribution in [2.24, 2.45) is 11.8 Å². The van der Waals surface area contributed by atoms with E-state index in [1.807, 2.05) is 0 Å². The maximum atomic E-state index is 11.0. The van der Waals surface area contributed by atoms with Crippen molar-refractivity contribution in [1.82, 2.24) is 5.32 Å². The van der Waals surface area contributed by atoms with Crippen molar-refractivity contribution in [2.45, 2.75) is 6.42 Å². The van der Waals surface area contributed by atoms with Crippen LogP contribution in [0.5, 0.6) is 0 Å². The summed E-state index contributed by atoms with van der Waals surface area (Å²) in [5, 5.41) is 18.8. The molecule has 0 unspecified atom stereocenters. The second kappa shape index (κ2) is 3.42. The van der Waals surface area contributed by atoms with E-state index in [4.69, 9.17) is 10.2 Å². The van der Waals surface area contributed by atoms with Gasteiger partial charge in [-0.3, -0.25) is 14.4 Å². The second-order valence-electron chi connectivity index (χ2n) is 2.90. The Morgan fingerprint density at radius 2 is 1.85 bits per heavy atom. The fourth-order valence-electron chi connectivity index (χ4n) is 1.05. The van der Waals surface area contributed by atoms with Crippen LogP contribution in [0.2, 0.25) is 0 Å². The van der Waals surface area contributed by atoms with Gasteiger partial charge in [-0.1, -0.05) is 0 Å². The molecule has 1 rings (SSSR count). The summed E-state index contributed by atoms with van der Waals surface area (Å²) in [6.07, 6.45) is 0.306. The standard InChI is InChI=1S/C7H9NO5/c9-5(10)2-8-6(11)3-1-4(3)7(12)13/h3-4H,1-2H2,(H,8,11)(H,9,10)(H,12,13)/t3-,4+/m1/s1. The molecular formula is C7H9NO5. The van der Waals surface area contributed by atoms with E-state index in [2.05, 4.69) is 5.32 Å². The number of hydrogen-bond acceptors (Lipinski definition) is 3. The van der Waals surface area contributed by atoms with E-state index in [-0.39, 0.29) is 0 Å². The van der Waals surface area contributed by atoms with E-state index < -0.39 is 36.2 Å². The minimum Gasteiger partial charge on any atom is -0.481 e. The molecule has 3 N–H and O–H groups in total. The number of carboxylic acids is 2. The minimum atomic E-state index is -1.14. The molecule has 1 fully saturated rings. The summed E-state index contributed by atoms with van der Waals surface area (Å²) in [7, 11) is 0. The molecule has 0 spiro atoms. The summed E-state index contributed by atoms with van der Waals surface area (Å²) in [6.45, 7) is -0.457. The number of nitrogens with one attached hydrogen (secondary N) is 1. The van der Waals surface area contributed by atoms with Gasteiger partial charge in [0.15, 0.2) is 0 Å². The fourth-order valence-corrected chi connectivity index (χ4v) is 1.05. The molecule has 1 saturated carbocycles. The van der Waals surface area contributed by atoms with E-state index in [1.54, 1.807) is 0 Å². The molecule has 0 radical (unpaired) electrons. The van der Waals surface area contributed by atoms with Gasteiger partial charge in [-0.2, -0.15) is 0 Å². The Hall–Kier alpha value is -1.59. The van der Waals surface area contributed by atoms with Gasteiger partial charge in [-0.25, -0.2) is 0 Å². The first-order valence-corrected chi connectivity index (χ1v) is 3.74. The predicted octanol–water partition coefficient (Wildman–Crippen LogP) is -1.09. The third-order valence-corrected chi connectivity index (χ3v) is 1.86. The molecule has 1 aliphatic rings. The molecule has 2 atom stereocenters. The number of amides is 1. The minimum absolute atomic E-state index is 0.306. The molecule has 0 heterocycles. The Morgan fingerprint density at radius 3 is 2.23 bits per heavy atom. The van der Waals surface area contributed by atoms with E-state index in [0.29, 0.717) is 6.42 Å². The molecule has 6 heteroatoms. The molecule has 1 amide bonds. The van der Waals surface area contributed by atoms with Gasteiger partial charge in [0.1, 0.15) is 6.54 Å². The van der Waals surface area contributed by atoms with Crippen molar-refractivity contribution < 1.29 is 24.6 Å². The normalized spacial score (nSPS) is 24.9. The lowest BCUT2D eigenvalue weighted by molar-refractivity contribution is -0.140. The topological polar surface area (TPSA) is 104 Å². The van der Waals surface area contributed by atoms with E-state index in [9.17, 15) is 14.4 Å². The van der Waals surface area contributed by atoms with Crippen molar-refractivity contribution >= 4 is 17.8 Å². The maximum Gasteiger partial charge on any atom is 0.322 e. The van der Waals surface area contributed by atoms with Crippen LogP contribution in [0.1, 0.15) is 6.42 Å². The van der Waals surface area contributed by atoms with Crippen molar-refractivity contribution in [2.75, 3.05) is 6.54 Å². The lowest BCUT2D eigenvalue weighted by atomic mass is 10.3. The number of carbonyl (C=O) groups is 3. The second-order valence-corrected chi connectivity index (χ2v) is 2.90. The van der Waals surface area contributed by atoms with Gasteiger partial charge >= 0.3 is 11.9 Å². The molecule has 0 aromatic heterocycles. The molecule has 0 saturated heterocycles. The van der Waals surface area contributed by atoms with Crippen molar-refractivity contribution in [3.8, 4) is 0 Å². The average molecular weight is 187 g/mol. The Bertz CT molecular complexity index is 262. The summed E-state index contributed by atoms with van der Waals surface area (Å²) in [6, 6.07) is 0. The number of rotatable bonds is 4. The molecule has 0 aromatic rings. The summed E-state index contributed by atoms with van der Waals surface area (Å²) >= 11 is 0. The molecular weight excluding hydrogens is 178 g/mol. The Balaban J connectivity index is 2.27. The Labute approximate surface area is 73.5 Å². The zero-order valence-electron chi connectivity index (χ0n) is 6.69. The van der Waals surface area contributed by atoms with Crippen LogP contribution in [0.25, 0.3) is 0 Å². The molecule has 72 valence electrons. The third-order valence-electron chi connectivity index (χ3n) is 1.86. The zero-order valence-corrected chi connectivity index (χ0v) is 6.69. The van der Waals surface area contributed by atoms with E-state index >= 15 is 0 Å². The summed E-state index contributed by atoms with van der Waals surface area (Å²) in [5.74, 6) is -3.81. The highest BCUT2D eigenvalue weighted by molar-refractivity contribution is 5.90. The van der Waals surface area contributed by atoms with Crippen molar-refractivity contribution in [1.29, 1.82) is 0 Å². The largest absolute Gasteiger partial charge is 0.481 e. The van der Waals surface area contributed by atoms with Crippen LogP contribution in [0.15, 0.2) is 0 Å². The van der Waals surface area contributed by atoms with E-state index in [1.165, 1.54) is 0 Å². The van der Waals surface area contributed by atoms with Crippen molar-refractivity contribution in [3.05, 3.63) is 0 Å². The van der Waals surface area contributed by atoms with Gasteiger partial charge < -0.3 is 15.5 Å². The van der Waals surface area contributed by atoms with Gasteiger partial charge in [0.05, 0.1) is 11.8 Å². The quantitative estimate of drug-likeness (QED) is 0.518. The van der Waals surface area contributed by atoms with Gasteiger partial charge in [-0.15, -0.1) is 0 Å². The number of carbonyl (C=O) groups excluding carboxylic acids is 1. The SMILES string of the molecule is O=C(O)CNC(=O)[C@@H]1C[C@@H]1C(=O)O.